The van der Waals surface area contributed by atoms with Crippen molar-refractivity contribution in [2.24, 2.45) is 11.7 Å². The van der Waals surface area contributed by atoms with Gasteiger partial charge in [0.05, 0.1) is 5.84 Å². The lowest BCUT2D eigenvalue weighted by atomic mass is 10.1. The molecule has 0 aliphatic carbocycles. The van der Waals surface area contributed by atoms with Gasteiger partial charge in [0.2, 0.25) is 0 Å². The van der Waals surface area contributed by atoms with Crippen LogP contribution in [0.25, 0.3) is 0 Å². The zero-order chi connectivity index (χ0) is 6.57. The van der Waals surface area contributed by atoms with Crippen LogP contribution in [0, 0.1) is 11.3 Å². The normalized spacial score (nSPS) is 11.8. The van der Waals surface area contributed by atoms with E-state index in [0.29, 0.717) is 11.8 Å². The van der Waals surface area contributed by atoms with Crippen LogP contribution in [-0.2, 0) is 0 Å². The van der Waals surface area contributed by atoms with Crippen LogP contribution in [0.15, 0.2) is 0 Å². The number of nitrogens with two attached hydrogens (primary N) is 1. The number of hydrogen-bond acceptors (Lipinski definition) is 1. The summed E-state index contributed by atoms with van der Waals surface area (Å²) in [7, 11) is 0. The Balaban J connectivity index is 0. The number of hydrogen-bond donors (Lipinski definition) is 2. The molecule has 0 saturated heterocycles. The molecule has 0 radical (unpaired) electrons. The predicted molar refractivity (Wildman–Crippen MR) is 43.2 cm³/mol. The van der Waals surface area contributed by atoms with Crippen LogP contribution in [0.5, 0.6) is 0 Å². The molecular weight excluding hydrogens is 136 g/mol. The molecule has 9 heavy (non-hydrogen) atoms. The molecule has 0 rings (SSSR count). The minimum atomic E-state index is 0. The van der Waals surface area contributed by atoms with E-state index < -0.39 is 0 Å². The summed E-state index contributed by atoms with van der Waals surface area (Å²) in [6, 6.07) is 0. The van der Waals surface area contributed by atoms with Gasteiger partial charge in [-0.1, -0.05) is 20.3 Å². The van der Waals surface area contributed by atoms with E-state index >= 15 is 0 Å². The lowest BCUT2D eigenvalue weighted by molar-refractivity contribution is 0.584. The first-order chi connectivity index (χ1) is 3.66. The van der Waals surface area contributed by atoms with E-state index in [9.17, 15) is 0 Å². The Bertz CT molecular complexity index is 83.1. The van der Waals surface area contributed by atoms with Crippen LogP contribution in [-0.4, -0.2) is 5.84 Å². The van der Waals surface area contributed by atoms with Crippen LogP contribution >= 0.6 is 12.4 Å². The summed E-state index contributed by atoms with van der Waals surface area (Å²) in [5.74, 6) is 0.881. The summed E-state index contributed by atoms with van der Waals surface area (Å²) in [5.41, 5.74) is 5.15. The lowest BCUT2D eigenvalue weighted by Gasteiger charge is -2.03. The van der Waals surface area contributed by atoms with Gasteiger partial charge >= 0.3 is 0 Å². The molecule has 3 N–H and O–H groups in total. The third kappa shape index (κ3) is 7.76. The molecule has 0 amide bonds. The Morgan fingerprint density at radius 2 is 2.11 bits per heavy atom. The van der Waals surface area contributed by atoms with Crippen molar-refractivity contribution in [3.8, 4) is 0 Å². The zero-order valence-corrected chi connectivity index (χ0v) is 6.79. The highest BCUT2D eigenvalue weighted by atomic mass is 35.5. The second-order valence-electron chi connectivity index (χ2n) is 2.24. The van der Waals surface area contributed by atoms with E-state index in [1.807, 2.05) is 0 Å². The van der Waals surface area contributed by atoms with Gasteiger partial charge in [0.15, 0.2) is 0 Å². The van der Waals surface area contributed by atoms with E-state index in [1.54, 1.807) is 0 Å². The quantitative estimate of drug-likeness (QED) is 0.468. The molecule has 0 bridgehead atoms. The first kappa shape index (κ1) is 11.5. The molecule has 0 fully saturated rings. The Morgan fingerprint density at radius 1 is 1.67 bits per heavy atom. The molecule has 2 nitrogen and oxygen atoms in total. The number of halogens is 1. The minimum Gasteiger partial charge on any atom is -0.388 e. The summed E-state index contributed by atoms with van der Waals surface area (Å²) in [6.45, 7) is 4.20. The van der Waals surface area contributed by atoms with Gasteiger partial charge < -0.3 is 5.73 Å². The van der Waals surface area contributed by atoms with Crippen LogP contribution in [0.1, 0.15) is 26.7 Å². The van der Waals surface area contributed by atoms with Crippen molar-refractivity contribution in [1.82, 2.24) is 0 Å². The molecule has 0 aromatic rings. The summed E-state index contributed by atoms with van der Waals surface area (Å²) < 4.78 is 0. The first-order valence-corrected chi connectivity index (χ1v) is 2.99. The smallest absolute Gasteiger partial charge is 0.0907 e. The van der Waals surface area contributed by atoms with Crippen LogP contribution in [0.2, 0.25) is 0 Å². The maximum atomic E-state index is 6.91. The van der Waals surface area contributed by atoms with Gasteiger partial charge in [0, 0.05) is 6.42 Å². The van der Waals surface area contributed by atoms with Crippen molar-refractivity contribution in [3.05, 3.63) is 0 Å². The fourth-order valence-electron chi connectivity index (χ4n) is 0.520. The molecule has 56 valence electrons. The Labute approximate surface area is 62.7 Å². The highest BCUT2D eigenvalue weighted by Crippen LogP contribution is 2.03. The molecule has 0 spiro atoms. The van der Waals surface area contributed by atoms with Gasteiger partial charge in [-0.2, -0.15) is 0 Å². The monoisotopic (exact) mass is 150 g/mol. The summed E-state index contributed by atoms with van der Waals surface area (Å²) in [6.07, 6.45) is 1.86. The fraction of sp³-hybridized carbons (Fsp3) is 0.833. The average molecular weight is 151 g/mol. The standard InChI is InChI=1S/C6H14N2.ClH/c1-3-5(2)4-6(7)8;/h5H,3-4H2,1-2H3,(H3,7,8);1H/t5-;/m0./s1. The third-order valence-corrected chi connectivity index (χ3v) is 1.27. The van der Waals surface area contributed by atoms with Gasteiger partial charge in [-0.3, -0.25) is 5.41 Å². The summed E-state index contributed by atoms with van der Waals surface area (Å²) in [5, 5.41) is 6.91. The van der Waals surface area contributed by atoms with Crippen molar-refractivity contribution < 1.29 is 0 Å². The van der Waals surface area contributed by atoms with Gasteiger partial charge in [-0.25, -0.2) is 0 Å². The Morgan fingerprint density at radius 3 is 2.22 bits per heavy atom. The molecule has 0 aliphatic rings. The van der Waals surface area contributed by atoms with E-state index in [-0.39, 0.29) is 12.4 Å². The lowest BCUT2D eigenvalue weighted by Crippen LogP contribution is -2.13. The van der Waals surface area contributed by atoms with Crippen LogP contribution in [0.4, 0.5) is 0 Å². The topological polar surface area (TPSA) is 49.9 Å². The van der Waals surface area contributed by atoms with Crippen LogP contribution < -0.4 is 5.73 Å². The summed E-state index contributed by atoms with van der Waals surface area (Å²) in [4.78, 5) is 0. The predicted octanol–water partition coefficient (Wildman–Crippen LogP) is 1.78. The summed E-state index contributed by atoms with van der Waals surface area (Å²) >= 11 is 0. The second-order valence-corrected chi connectivity index (χ2v) is 2.24. The Hall–Kier alpha value is -0.240. The SMILES string of the molecule is CC[C@H](C)CC(=N)N.Cl. The van der Waals surface area contributed by atoms with Crippen molar-refractivity contribution in [2.45, 2.75) is 26.7 Å². The van der Waals surface area contributed by atoms with Gasteiger partial charge in [0.1, 0.15) is 0 Å². The van der Waals surface area contributed by atoms with E-state index in [2.05, 4.69) is 13.8 Å². The van der Waals surface area contributed by atoms with Gasteiger partial charge in [0.25, 0.3) is 0 Å². The maximum absolute atomic E-state index is 6.91. The maximum Gasteiger partial charge on any atom is 0.0907 e. The molecule has 0 heterocycles. The highest BCUT2D eigenvalue weighted by molar-refractivity contribution is 5.85. The first-order valence-electron chi connectivity index (χ1n) is 2.99. The molecular formula is C6H15ClN2. The Kier molecular flexibility index (Phi) is 7.55. The molecule has 1 atom stereocenters. The van der Waals surface area contributed by atoms with Crippen molar-refractivity contribution in [3.63, 3.8) is 0 Å². The van der Waals surface area contributed by atoms with Crippen LogP contribution in [0.3, 0.4) is 0 Å². The molecule has 0 aliphatic heterocycles. The molecule has 3 heteroatoms. The highest BCUT2D eigenvalue weighted by Gasteiger charge is 1.98. The number of amidine groups is 1. The third-order valence-electron chi connectivity index (χ3n) is 1.27. The molecule has 0 aromatic carbocycles. The minimum absolute atomic E-state index is 0. The van der Waals surface area contributed by atoms with Crippen molar-refractivity contribution in [1.29, 1.82) is 5.41 Å². The second kappa shape index (κ2) is 5.89. The largest absolute Gasteiger partial charge is 0.388 e. The van der Waals surface area contributed by atoms with Crippen molar-refractivity contribution >= 4 is 18.2 Å². The average Bonchev–Trinajstić information content (AvgIpc) is 1.65. The number of rotatable bonds is 3. The zero-order valence-electron chi connectivity index (χ0n) is 5.98. The fourth-order valence-corrected chi connectivity index (χ4v) is 0.520. The van der Waals surface area contributed by atoms with E-state index in [1.165, 1.54) is 0 Å². The van der Waals surface area contributed by atoms with E-state index in [4.69, 9.17) is 11.1 Å². The van der Waals surface area contributed by atoms with Gasteiger partial charge in [-0.15, -0.1) is 12.4 Å². The molecule has 0 unspecified atom stereocenters. The number of nitrogens with one attached hydrogen (secondary N) is 1. The molecule has 0 saturated carbocycles. The van der Waals surface area contributed by atoms with E-state index in [0.717, 1.165) is 12.8 Å². The van der Waals surface area contributed by atoms with Crippen molar-refractivity contribution in [2.75, 3.05) is 0 Å². The van der Waals surface area contributed by atoms with Gasteiger partial charge in [-0.05, 0) is 5.92 Å². The molecule has 0 aromatic heterocycles.